The Kier molecular flexibility index (Phi) is 4.27. The van der Waals surface area contributed by atoms with Gasteiger partial charge in [0, 0.05) is 44.6 Å². The van der Waals surface area contributed by atoms with Crippen LogP contribution in [0.4, 0.5) is 4.39 Å². The molecule has 1 saturated heterocycles. The molecule has 4 heteroatoms. The Balaban J connectivity index is 1.79. The van der Waals surface area contributed by atoms with Gasteiger partial charge < -0.3 is 5.32 Å². The predicted octanol–water partition coefficient (Wildman–Crippen LogP) is 2.68. The van der Waals surface area contributed by atoms with Gasteiger partial charge in [-0.25, -0.2) is 4.39 Å². The first kappa shape index (κ1) is 14.2. The summed E-state index contributed by atoms with van der Waals surface area (Å²) in [5.74, 6) is -0.134. The first-order valence-corrected chi connectivity index (χ1v) is 7.34. The van der Waals surface area contributed by atoms with Crippen LogP contribution >= 0.6 is 0 Å². The summed E-state index contributed by atoms with van der Waals surface area (Å²) >= 11 is 0. The van der Waals surface area contributed by atoms with Crippen LogP contribution in [0.1, 0.15) is 22.7 Å². The lowest BCUT2D eigenvalue weighted by Crippen LogP contribution is -2.45. The Morgan fingerprint density at radius 1 is 1.29 bits per heavy atom. The zero-order valence-corrected chi connectivity index (χ0v) is 12.2. The van der Waals surface area contributed by atoms with Gasteiger partial charge in [0.25, 0.3) is 0 Å². The van der Waals surface area contributed by atoms with Gasteiger partial charge in [0.05, 0.1) is 0 Å². The highest BCUT2D eigenvalue weighted by atomic mass is 19.1. The maximum Gasteiger partial charge on any atom is 0.126 e. The Morgan fingerprint density at radius 3 is 2.86 bits per heavy atom. The van der Waals surface area contributed by atoms with Gasteiger partial charge in [0.2, 0.25) is 0 Å². The number of rotatable bonds is 3. The third kappa shape index (κ3) is 3.28. The highest BCUT2D eigenvalue weighted by Crippen LogP contribution is 2.24. The number of hydrogen-bond donors (Lipinski definition) is 1. The minimum Gasteiger partial charge on any atom is -0.314 e. The summed E-state index contributed by atoms with van der Waals surface area (Å²) in [5, 5.41) is 3.45. The highest BCUT2D eigenvalue weighted by Gasteiger charge is 2.23. The van der Waals surface area contributed by atoms with Crippen molar-refractivity contribution in [2.45, 2.75) is 19.5 Å². The van der Waals surface area contributed by atoms with Gasteiger partial charge in [-0.15, -0.1) is 0 Å². The van der Waals surface area contributed by atoms with E-state index in [4.69, 9.17) is 0 Å². The van der Waals surface area contributed by atoms with Gasteiger partial charge in [0.1, 0.15) is 5.82 Å². The number of benzene rings is 1. The quantitative estimate of drug-likeness (QED) is 0.940. The van der Waals surface area contributed by atoms with E-state index in [0.29, 0.717) is 11.6 Å². The molecule has 2 aromatic rings. The fourth-order valence-corrected chi connectivity index (χ4v) is 2.89. The van der Waals surface area contributed by atoms with E-state index in [1.807, 2.05) is 31.5 Å². The zero-order valence-electron chi connectivity index (χ0n) is 12.2. The Morgan fingerprint density at radius 2 is 2.10 bits per heavy atom. The van der Waals surface area contributed by atoms with E-state index in [1.54, 1.807) is 6.07 Å². The van der Waals surface area contributed by atoms with E-state index in [2.05, 4.69) is 27.3 Å². The highest BCUT2D eigenvalue weighted by molar-refractivity contribution is 5.25. The second-order valence-corrected chi connectivity index (χ2v) is 5.55. The molecule has 2 heterocycles. The smallest absolute Gasteiger partial charge is 0.126 e. The van der Waals surface area contributed by atoms with Crippen LogP contribution in [0.15, 0.2) is 42.7 Å². The summed E-state index contributed by atoms with van der Waals surface area (Å²) in [6, 6.07) is 9.87. The molecule has 1 aliphatic rings. The fraction of sp³-hybridized carbons (Fsp3) is 0.353. The van der Waals surface area contributed by atoms with Crippen LogP contribution < -0.4 is 5.32 Å². The Bertz CT molecular complexity index is 600. The van der Waals surface area contributed by atoms with Crippen LogP contribution in [-0.4, -0.2) is 29.5 Å². The van der Waals surface area contributed by atoms with Crippen molar-refractivity contribution in [1.82, 2.24) is 15.2 Å². The molecule has 1 unspecified atom stereocenters. The number of nitrogens with one attached hydrogen (secondary N) is 1. The summed E-state index contributed by atoms with van der Waals surface area (Å²) in [6.07, 6.45) is 3.67. The van der Waals surface area contributed by atoms with Crippen molar-refractivity contribution in [1.29, 1.82) is 0 Å². The van der Waals surface area contributed by atoms with Crippen LogP contribution in [0.3, 0.4) is 0 Å². The molecular formula is C17H20FN3. The maximum atomic E-state index is 13.4. The molecule has 110 valence electrons. The molecule has 3 rings (SSSR count). The predicted molar refractivity (Wildman–Crippen MR) is 81.4 cm³/mol. The number of halogens is 1. The summed E-state index contributed by atoms with van der Waals surface area (Å²) in [4.78, 5) is 6.53. The summed E-state index contributed by atoms with van der Waals surface area (Å²) < 4.78 is 13.4. The number of nitrogens with zero attached hydrogens (tertiary/aromatic N) is 2. The van der Waals surface area contributed by atoms with E-state index >= 15 is 0 Å². The Labute approximate surface area is 124 Å². The minimum absolute atomic E-state index is 0.134. The van der Waals surface area contributed by atoms with E-state index in [9.17, 15) is 4.39 Å². The van der Waals surface area contributed by atoms with Crippen LogP contribution in [-0.2, 0) is 6.54 Å². The van der Waals surface area contributed by atoms with Gasteiger partial charge in [0.15, 0.2) is 0 Å². The SMILES string of the molecule is Cc1cc(CN2CCNCC2c2ccncc2)ccc1F. The second kappa shape index (κ2) is 6.33. The van der Waals surface area contributed by atoms with Gasteiger partial charge in [-0.1, -0.05) is 12.1 Å². The average molecular weight is 285 g/mol. The number of pyridine rings is 1. The lowest BCUT2D eigenvalue weighted by molar-refractivity contribution is 0.153. The number of aryl methyl sites for hydroxylation is 1. The van der Waals surface area contributed by atoms with E-state index in [-0.39, 0.29) is 5.82 Å². The van der Waals surface area contributed by atoms with Gasteiger partial charge in [-0.3, -0.25) is 9.88 Å². The molecule has 0 radical (unpaired) electrons. The largest absolute Gasteiger partial charge is 0.314 e. The average Bonchev–Trinajstić information content (AvgIpc) is 2.52. The standard InChI is InChI=1S/C17H20FN3/c1-13-10-14(2-3-16(13)18)12-21-9-8-20-11-17(21)15-4-6-19-7-5-15/h2-7,10,17,20H,8-9,11-12H2,1H3. The fourth-order valence-electron chi connectivity index (χ4n) is 2.89. The van der Waals surface area contributed by atoms with Crippen LogP contribution in [0.25, 0.3) is 0 Å². The summed E-state index contributed by atoms with van der Waals surface area (Å²) in [5.41, 5.74) is 3.15. The Hall–Kier alpha value is -1.78. The van der Waals surface area contributed by atoms with Crippen molar-refractivity contribution >= 4 is 0 Å². The molecule has 1 N–H and O–H groups in total. The van der Waals surface area contributed by atoms with E-state index < -0.39 is 0 Å². The molecular weight excluding hydrogens is 265 g/mol. The summed E-state index contributed by atoms with van der Waals surface area (Å²) in [6.45, 7) is 5.57. The number of piperazine rings is 1. The lowest BCUT2D eigenvalue weighted by atomic mass is 10.0. The molecule has 1 aliphatic heterocycles. The van der Waals surface area contributed by atoms with Crippen molar-refractivity contribution in [3.8, 4) is 0 Å². The normalized spacial score (nSPS) is 19.6. The van der Waals surface area contributed by atoms with E-state index in [0.717, 1.165) is 31.7 Å². The van der Waals surface area contributed by atoms with Crippen molar-refractivity contribution in [3.05, 3.63) is 65.2 Å². The van der Waals surface area contributed by atoms with E-state index in [1.165, 1.54) is 5.56 Å². The molecule has 1 aromatic carbocycles. The third-order valence-corrected chi connectivity index (χ3v) is 4.05. The molecule has 0 amide bonds. The topological polar surface area (TPSA) is 28.2 Å². The second-order valence-electron chi connectivity index (χ2n) is 5.55. The van der Waals surface area contributed by atoms with Crippen LogP contribution in [0.5, 0.6) is 0 Å². The molecule has 21 heavy (non-hydrogen) atoms. The first-order chi connectivity index (χ1) is 10.2. The van der Waals surface area contributed by atoms with Crippen LogP contribution in [0, 0.1) is 12.7 Å². The first-order valence-electron chi connectivity index (χ1n) is 7.34. The summed E-state index contributed by atoms with van der Waals surface area (Å²) in [7, 11) is 0. The molecule has 1 aromatic heterocycles. The van der Waals surface area contributed by atoms with Crippen molar-refractivity contribution < 1.29 is 4.39 Å². The molecule has 0 bridgehead atoms. The van der Waals surface area contributed by atoms with Crippen molar-refractivity contribution in [2.75, 3.05) is 19.6 Å². The lowest BCUT2D eigenvalue weighted by Gasteiger charge is -2.36. The molecule has 0 saturated carbocycles. The molecule has 0 spiro atoms. The number of hydrogen-bond acceptors (Lipinski definition) is 3. The maximum absolute atomic E-state index is 13.4. The number of aromatic nitrogens is 1. The van der Waals surface area contributed by atoms with Crippen LogP contribution in [0.2, 0.25) is 0 Å². The zero-order chi connectivity index (χ0) is 14.7. The van der Waals surface area contributed by atoms with Gasteiger partial charge >= 0.3 is 0 Å². The molecule has 0 aliphatic carbocycles. The van der Waals surface area contributed by atoms with Gasteiger partial charge in [-0.2, -0.15) is 0 Å². The molecule has 1 atom stereocenters. The van der Waals surface area contributed by atoms with Crippen molar-refractivity contribution in [3.63, 3.8) is 0 Å². The monoisotopic (exact) mass is 285 g/mol. The van der Waals surface area contributed by atoms with Gasteiger partial charge in [-0.05, 0) is 41.8 Å². The van der Waals surface area contributed by atoms with Crippen molar-refractivity contribution in [2.24, 2.45) is 0 Å². The minimum atomic E-state index is -0.134. The molecule has 3 nitrogen and oxygen atoms in total. The third-order valence-electron chi connectivity index (χ3n) is 4.05. The molecule has 1 fully saturated rings.